The highest BCUT2D eigenvalue weighted by Crippen LogP contribution is 2.20. The third kappa shape index (κ3) is 30.9. The van der Waals surface area contributed by atoms with Crippen molar-refractivity contribution < 1.29 is 22.9 Å². The molecule has 8 heteroatoms. The van der Waals surface area contributed by atoms with Crippen molar-refractivity contribution in [1.29, 1.82) is 0 Å². The van der Waals surface area contributed by atoms with E-state index < -0.39 is 8.97 Å². The topological polar surface area (TPSA) is 77.1 Å². The van der Waals surface area contributed by atoms with Crippen LogP contribution >= 0.6 is 0 Å². The van der Waals surface area contributed by atoms with Crippen molar-refractivity contribution in [2.75, 3.05) is 32.9 Å². The molecule has 53 heavy (non-hydrogen) atoms. The van der Waals surface area contributed by atoms with Crippen molar-refractivity contribution in [3.05, 3.63) is 0 Å². The van der Waals surface area contributed by atoms with Crippen molar-refractivity contribution in [3.8, 4) is 0 Å². The Bertz CT molecular complexity index is 752. The van der Waals surface area contributed by atoms with E-state index >= 15 is 0 Å². The maximum absolute atomic E-state index is 14.1. The minimum absolute atomic E-state index is 0.141. The molecule has 0 aromatic carbocycles. The molecule has 7 nitrogen and oxygen atoms in total. The third-order valence-corrected chi connectivity index (χ3v) is 13.2. The molecule has 0 aliphatic carbocycles. The van der Waals surface area contributed by atoms with Gasteiger partial charge >= 0.3 is 8.97 Å². The lowest BCUT2D eigenvalue weighted by Crippen LogP contribution is -2.61. The second-order valence-corrected chi connectivity index (χ2v) is 17.8. The van der Waals surface area contributed by atoms with Gasteiger partial charge in [0.05, 0.1) is 0 Å². The number of nitrogens with one attached hydrogen (secondary N) is 1. The average molecular weight is 769 g/mol. The smallest absolute Gasteiger partial charge is 0.357 e. The predicted octanol–water partition coefficient (Wildman–Crippen LogP) is 13.2. The van der Waals surface area contributed by atoms with Gasteiger partial charge < -0.3 is 23.2 Å². The molecule has 0 aliphatic heterocycles. The summed E-state index contributed by atoms with van der Waals surface area (Å²) >= 11 is 0. The number of hydrogen-bond acceptors (Lipinski definition) is 5. The summed E-state index contributed by atoms with van der Waals surface area (Å²) in [6.45, 7) is 15.1. The molecule has 0 radical (unpaired) electrons. The SMILES string of the molecule is CCCCCCCCCCCCCCCCN(CCCCCCCCCCCCCCCC)C(=O)C(CCC)CC(=O)N[Si](OCC)(OCC)OCC. The molecule has 1 N–H and O–H groups in total. The lowest BCUT2D eigenvalue weighted by Gasteiger charge is -2.30. The van der Waals surface area contributed by atoms with Crippen LogP contribution in [0, 0.1) is 5.92 Å². The van der Waals surface area contributed by atoms with Gasteiger partial charge in [-0.2, -0.15) is 0 Å². The number of amides is 2. The molecule has 0 aromatic heterocycles. The Labute approximate surface area is 332 Å². The van der Waals surface area contributed by atoms with E-state index in [2.05, 4.69) is 30.7 Å². The molecule has 0 rings (SSSR count). The Hall–Kier alpha value is -0.963. The van der Waals surface area contributed by atoms with Crippen LogP contribution in [0.3, 0.4) is 0 Å². The van der Waals surface area contributed by atoms with Crippen molar-refractivity contribution in [3.63, 3.8) is 0 Å². The molecule has 0 bridgehead atoms. The van der Waals surface area contributed by atoms with Crippen LogP contribution in [0.4, 0.5) is 0 Å². The third-order valence-electron chi connectivity index (χ3n) is 10.6. The second kappa shape index (κ2) is 39.3. The number of carbonyl (C=O) groups excluding carboxylic acids is 2. The van der Waals surface area contributed by atoms with Gasteiger partial charge in [-0.15, -0.1) is 0 Å². The van der Waals surface area contributed by atoms with Crippen LogP contribution in [-0.2, 0) is 22.9 Å². The summed E-state index contributed by atoms with van der Waals surface area (Å²) in [5.74, 6) is -0.412. The van der Waals surface area contributed by atoms with E-state index in [0.29, 0.717) is 26.2 Å². The fourth-order valence-electron chi connectivity index (χ4n) is 7.50. The number of hydrogen-bond donors (Lipinski definition) is 1. The lowest BCUT2D eigenvalue weighted by molar-refractivity contribution is -0.139. The van der Waals surface area contributed by atoms with Gasteiger partial charge in [-0.25, -0.2) is 0 Å². The van der Waals surface area contributed by atoms with Crippen LogP contribution < -0.4 is 4.98 Å². The largest absolute Gasteiger partial charge is 0.633 e. The zero-order chi connectivity index (χ0) is 39.1. The molecule has 1 atom stereocenters. The van der Waals surface area contributed by atoms with Crippen LogP contribution in [-0.4, -0.2) is 58.6 Å². The van der Waals surface area contributed by atoms with E-state index in [0.717, 1.165) is 32.4 Å². The molecule has 0 saturated heterocycles. The van der Waals surface area contributed by atoms with Gasteiger partial charge in [0, 0.05) is 45.2 Å². The highest BCUT2D eigenvalue weighted by Gasteiger charge is 2.44. The fraction of sp³-hybridized carbons (Fsp3) is 0.956. The summed E-state index contributed by atoms with van der Waals surface area (Å²) in [5.41, 5.74) is 0. The standard InChI is InChI=1S/C45H92N2O5Si/c1-7-13-15-17-19-21-23-25-27-29-31-33-35-37-40-47(41-38-36-34-32-30-28-26-24-22-20-18-16-14-8-2)45(49)43(39-9-3)42-44(48)46-53(50-10-4,51-11-5)52-12-6/h43H,7-42H2,1-6H3,(H,46,48). The van der Waals surface area contributed by atoms with Crippen LogP contribution in [0.2, 0.25) is 0 Å². The summed E-state index contributed by atoms with van der Waals surface area (Å²) in [5, 5.41) is 0. The van der Waals surface area contributed by atoms with Crippen LogP contribution in [0.25, 0.3) is 0 Å². The molecule has 2 amide bonds. The predicted molar refractivity (Wildman–Crippen MR) is 229 cm³/mol. The summed E-state index contributed by atoms with van der Waals surface area (Å²) in [6.07, 6.45) is 38.9. The number of carbonyl (C=O) groups is 2. The Balaban J connectivity index is 4.90. The molecule has 0 aliphatic rings. The lowest BCUT2D eigenvalue weighted by atomic mass is 9.97. The Morgan fingerprint density at radius 3 is 1.04 bits per heavy atom. The van der Waals surface area contributed by atoms with E-state index in [1.54, 1.807) is 0 Å². The Morgan fingerprint density at radius 2 is 0.755 bits per heavy atom. The van der Waals surface area contributed by atoms with Crippen LogP contribution in [0.1, 0.15) is 241 Å². The van der Waals surface area contributed by atoms with Crippen molar-refractivity contribution >= 4 is 20.8 Å². The highest BCUT2D eigenvalue weighted by molar-refractivity contribution is 6.60. The normalized spacial score (nSPS) is 12.3. The zero-order valence-electron chi connectivity index (χ0n) is 36.5. The maximum Gasteiger partial charge on any atom is 0.633 e. The zero-order valence-corrected chi connectivity index (χ0v) is 37.5. The first-order chi connectivity index (χ1) is 25.9. The average Bonchev–Trinajstić information content (AvgIpc) is 3.14. The van der Waals surface area contributed by atoms with Crippen molar-refractivity contribution in [2.24, 2.45) is 5.92 Å². The molecule has 0 aromatic rings. The molecule has 1 unspecified atom stereocenters. The minimum Gasteiger partial charge on any atom is -0.357 e. The summed E-state index contributed by atoms with van der Waals surface area (Å²) in [4.78, 5) is 32.6. The van der Waals surface area contributed by atoms with Gasteiger partial charge in [0.2, 0.25) is 11.8 Å². The Morgan fingerprint density at radius 1 is 0.453 bits per heavy atom. The fourth-order valence-corrected chi connectivity index (χ4v) is 9.55. The van der Waals surface area contributed by atoms with E-state index in [1.807, 2.05) is 20.8 Å². The quantitative estimate of drug-likeness (QED) is 0.0494. The minimum atomic E-state index is -3.34. The van der Waals surface area contributed by atoms with E-state index in [-0.39, 0.29) is 24.2 Å². The molecule has 316 valence electrons. The monoisotopic (exact) mass is 769 g/mol. The first-order valence-corrected chi connectivity index (χ1v) is 25.2. The van der Waals surface area contributed by atoms with Crippen LogP contribution in [0.5, 0.6) is 0 Å². The highest BCUT2D eigenvalue weighted by atomic mass is 28.4. The number of unbranched alkanes of at least 4 members (excludes halogenated alkanes) is 26. The molecular weight excluding hydrogens is 677 g/mol. The summed E-state index contributed by atoms with van der Waals surface area (Å²) in [7, 11) is -3.34. The maximum atomic E-state index is 14.1. The molecule has 0 spiro atoms. The van der Waals surface area contributed by atoms with E-state index in [1.165, 1.54) is 167 Å². The number of rotatable bonds is 42. The Kier molecular flexibility index (Phi) is 38.6. The van der Waals surface area contributed by atoms with Crippen molar-refractivity contribution in [1.82, 2.24) is 9.88 Å². The van der Waals surface area contributed by atoms with Gasteiger partial charge in [0.15, 0.2) is 0 Å². The van der Waals surface area contributed by atoms with Gasteiger partial charge in [0.25, 0.3) is 0 Å². The molecule has 0 saturated carbocycles. The van der Waals surface area contributed by atoms with E-state index in [4.69, 9.17) is 13.3 Å². The van der Waals surface area contributed by atoms with Gasteiger partial charge in [-0.3, -0.25) is 9.59 Å². The van der Waals surface area contributed by atoms with Gasteiger partial charge in [-0.1, -0.05) is 194 Å². The number of nitrogens with zero attached hydrogens (tertiary/aromatic N) is 1. The first-order valence-electron chi connectivity index (χ1n) is 23.4. The van der Waals surface area contributed by atoms with Crippen molar-refractivity contribution in [2.45, 2.75) is 241 Å². The molecular formula is C45H92N2O5Si. The summed E-state index contributed by atoms with van der Waals surface area (Å²) in [6, 6.07) is 0. The van der Waals surface area contributed by atoms with E-state index in [9.17, 15) is 9.59 Å². The second-order valence-electron chi connectivity index (χ2n) is 15.6. The van der Waals surface area contributed by atoms with Crippen LogP contribution in [0.15, 0.2) is 0 Å². The molecule has 0 heterocycles. The molecule has 0 fully saturated rings. The van der Waals surface area contributed by atoms with Gasteiger partial charge in [0.1, 0.15) is 0 Å². The van der Waals surface area contributed by atoms with Gasteiger partial charge in [-0.05, 0) is 40.0 Å². The summed E-state index contributed by atoms with van der Waals surface area (Å²) < 4.78 is 17.6. The first kappa shape index (κ1) is 52.0.